The fourth-order valence-electron chi connectivity index (χ4n) is 2.39. The second-order valence-corrected chi connectivity index (χ2v) is 5.88. The van der Waals surface area contributed by atoms with Gasteiger partial charge in [0.15, 0.2) is 5.96 Å². The summed E-state index contributed by atoms with van der Waals surface area (Å²) in [5, 5.41) is 3.14. The summed E-state index contributed by atoms with van der Waals surface area (Å²) in [5.74, 6) is 0.439. The minimum Gasteiger partial charge on any atom is -0.370 e. The monoisotopic (exact) mass is 438 g/mol. The maximum atomic E-state index is 6.00. The summed E-state index contributed by atoms with van der Waals surface area (Å²) >= 11 is 0. The lowest BCUT2D eigenvalue weighted by Crippen LogP contribution is -2.22. The lowest BCUT2D eigenvalue weighted by atomic mass is 10.1. The average Bonchev–Trinajstić information content (AvgIpc) is 2.54. The standard InChI is InChI=1S/C19H26N4.HI/c1-4-15-9-11-18(12-10-15)22-19(20)21-13-16-7-5-6-8-17(16)14-23(2)3;/h5-12H,4,13-14H2,1-3H3,(H3,20,21,22);1H. The number of hydrogen-bond acceptors (Lipinski definition) is 2. The van der Waals surface area contributed by atoms with E-state index < -0.39 is 0 Å². The summed E-state index contributed by atoms with van der Waals surface area (Å²) < 4.78 is 0. The number of halogens is 1. The fraction of sp³-hybridized carbons (Fsp3) is 0.316. The van der Waals surface area contributed by atoms with E-state index in [0.717, 1.165) is 18.7 Å². The molecule has 0 aliphatic heterocycles. The summed E-state index contributed by atoms with van der Waals surface area (Å²) in [7, 11) is 4.13. The fourth-order valence-corrected chi connectivity index (χ4v) is 2.39. The predicted octanol–water partition coefficient (Wildman–Crippen LogP) is 3.86. The van der Waals surface area contributed by atoms with Crippen molar-refractivity contribution in [3.8, 4) is 0 Å². The van der Waals surface area contributed by atoms with Crippen molar-refractivity contribution in [2.75, 3.05) is 19.4 Å². The van der Waals surface area contributed by atoms with Crippen molar-refractivity contribution in [1.82, 2.24) is 4.90 Å². The number of rotatable bonds is 6. The Hall–Kier alpha value is -1.60. The quantitative estimate of drug-likeness (QED) is 0.409. The van der Waals surface area contributed by atoms with E-state index in [-0.39, 0.29) is 24.0 Å². The minimum atomic E-state index is 0. The van der Waals surface area contributed by atoms with Crippen molar-refractivity contribution in [3.05, 3.63) is 65.2 Å². The van der Waals surface area contributed by atoms with Gasteiger partial charge in [0.05, 0.1) is 6.54 Å². The third-order valence-corrected chi connectivity index (χ3v) is 3.66. The maximum Gasteiger partial charge on any atom is 0.193 e. The second kappa shape index (κ2) is 10.3. The van der Waals surface area contributed by atoms with Crippen LogP contribution in [0.15, 0.2) is 53.5 Å². The number of benzene rings is 2. The van der Waals surface area contributed by atoms with E-state index in [1.807, 2.05) is 18.2 Å². The van der Waals surface area contributed by atoms with Crippen molar-refractivity contribution in [3.63, 3.8) is 0 Å². The van der Waals surface area contributed by atoms with Gasteiger partial charge in [-0.2, -0.15) is 0 Å². The van der Waals surface area contributed by atoms with E-state index in [1.54, 1.807) is 0 Å². The van der Waals surface area contributed by atoms with Gasteiger partial charge in [-0.25, -0.2) is 4.99 Å². The molecule has 2 aromatic carbocycles. The van der Waals surface area contributed by atoms with Crippen LogP contribution < -0.4 is 11.1 Å². The number of aliphatic imine (C=N–C) groups is 1. The highest BCUT2D eigenvalue weighted by molar-refractivity contribution is 14.0. The van der Waals surface area contributed by atoms with Crippen LogP contribution in [0, 0.1) is 0 Å². The number of nitrogens with one attached hydrogen (secondary N) is 1. The normalized spacial score (nSPS) is 11.2. The number of nitrogens with zero attached hydrogens (tertiary/aromatic N) is 2. The predicted molar refractivity (Wildman–Crippen MR) is 114 cm³/mol. The van der Waals surface area contributed by atoms with Crippen molar-refractivity contribution in [2.24, 2.45) is 10.7 Å². The molecule has 0 aliphatic rings. The molecule has 0 aromatic heterocycles. The molecular weight excluding hydrogens is 411 g/mol. The lowest BCUT2D eigenvalue weighted by molar-refractivity contribution is 0.401. The minimum absolute atomic E-state index is 0. The number of aryl methyl sites for hydroxylation is 1. The first-order valence-electron chi connectivity index (χ1n) is 7.96. The first kappa shape index (κ1) is 20.4. The zero-order valence-corrected chi connectivity index (χ0v) is 17.0. The third-order valence-electron chi connectivity index (χ3n) is 3.66. The Morgan fingerprint density at radius 3 is 2.25 bits per heavy atom. The Labute approximate surface area is 162 Å². The molecule has 2 rings (SSSR count). The number of nitrogens with two attached hydrogens (primary N) is 1. The van der Waals surface area contributed by atoms with Crippen molar-refractivity contribution < 1.29 is 0 Å². The van der Waals surface area contributed by atoms with E-state index >= 15 is 0 Å². The number of anilines is 1. The summed E-state index contributed by atoms with van der Waals surface area (Å²) in [6, 6.07) is 16.6. The summed E-state index contributed by atoms with van der Waals surface area (Å²) in [4.78, 5) is 6.62. The van der Waals surface area contributed by atoms with Crippen LogP contribution in [0.1, 0.15) is 23.6 Å². The van der Waals surface area contributed by atoms with Crippen LogP contribution in [0.3, 0.4) is 0 Å². The maximum absolute atomic E-state index is 6.00. The van der Waals surface area contributed by atoms with Gasteiger partial charge >= 0.3 is 0 Å². The van der Waals surface area contributed by atoms with Crippen LogP contribution in [-0.2, 0) is 19.5 Å². The van der Waals surface area contributed by atoms with Crippen LogP contribution in [0.5, 0.6) is 0 Å². The molecular formula is C19H27IN4. The molecule has 130 valence electrons. The Kier molecular flexibility index (Phi) is 8.78. The highest BCUT2D eigenvalue weighted by atomic mass is 127. The molecule has 5 heteroatoms. The van der Waals surface area contributed by atoms with Crippen LogP contribution in [0.2, 0.25) is 0 Å². The molecule has 0 saturated carbocycles. The molecule has 2 aromatic rings. The van der Waals surface area contributed by atoms with E-state index in [0.29, 0.717) is 12.5 Å². The summed E-state index contributed by atoms with van der Waals surface area (Å²) in [6.07, 6.45) is 1.03. The molecule has 24 heavy (non-hydrogen) atoms. The average molecular weight is 438 g/mol. The second-order valence-electron chi connectivity index (χ2n) is 5.88. The molecule has 0 aliphatic carbocycles. The zero-order chi connectivity index (χ0) is 16.7. The summed E-state index contributed by atoms with van der Waals surface area (Å²) in [5.41, 5.74) is 10.8. The van der Waals surface area contributed by atoms with Gasteiger partial charge < -0.3 is 16.0 Å². The smallest absolute Gasteiger partial charge is 0.193 e. The SMILES string of the molecule is CCc1ccc(NC(N)=NCc2ccccc2CN(C)C)cc1.I. The molecule has 0 bridgehead atoms. The molecule has 0 saturated heterocycles. The van der Waals surface area contributed by atoms with Crippen LogP contribution in [0.25, 0.3) is 0 Å². The topological polar surface area (TPSA) is 53.6 Å². The number of hydrogen-bond donors (Lipinski definition) is 2. The van der Waals surface area contributed by atoms with Gasteiger partial charge in [-0.15, -0.1) is 24.0 Å². The molecule has 0 amide bonds. The first-order chi connectivity index (χ1) is 11.1. The van der Waals surface area contributed by atoms with Crippen molar-refractivity contribution >= 4 is 35.6 Å². The molecule has 0 radical (unpaired) electrons. The Morgan fingerprint density at radius 1 is 1.04 bits per heavy atom. The van der Waals surface area contributed by atoms with E-state index in [2.05, 4.69) is 66.6 Å². The van der Waals surface area contributed by atoms with Gasteiger partial charge in [-0.1, -0.05) is 43.3 Å². The van der Waals surface area contributed by atoms with Gasteiger partial charge in [0, 0.05) is 12.2 Å². The van der Waals surface area contributed by atoms with Gasteiger partial charge in [-0.3, -0.25) is 0 Å². The highest BCUT2D eigenvalue weighted by Gasteiger charge is 2.03. The van der Waals surface area contributed by atoms with Gasteiger partial charge in [0.25, 0.3) is 0 Å². The molecule has 0 fully saturated rings. The third kappa shape index (κ3) is 6.49. The van der Waals surface area contributed by atoms with E-state index in [1.165, 1.54) is 16.7 Å². The van der Waals surface area contributed by atoms with Gasteiger partial charge in [0.2, 0.25) is 0 Å². The van der Waals surface area contributed by atoms with Gasteiger partial charge in [-0.05, 0) is 49.3 Å². The largest absolute Gasteiger partial charge is 0.370 e. The first-order valence-corrected chi connectivity index (χ1v) is 7.96. The van der Waals surface area contributed by atoms with E-state index in [9.17, 15) is 0 Å². The Balaban J connectivity index is 0.00000288. The van der Waals surface area contributed by atoms with Crippen molar-refractivity contribution in [1.29, 1.82) is 0 Å². The molecule has 0 unspecified atom stereocenters. The Morgan fingerprint density at radius 2 is 1.67 bits per heavy atom. The van der Waals surface area contributed by atoms with Gasteiger partial charge in [0.1, 0.15) is 0 Å². The van der Waals surface area contributed by atoms with Crippen LogP contribution >= 0.6 is 24.0 Å². The molecule has 0 heterocycles. The summed E-state index contributed by atoms with van der Waals surface area (Å²) in [6.45, 7) is 3.62. The molecule has 3 N–H and O–H groups in total. The zero-order valence-electron chi connectivity index (χ0n) is 14.6. The Bertz CT molecular complexity index is 651. The molecule has 0 atom stereocenters. The molecule has 4 nitrogen and oxygen atoms in total. The highest BCUT2D eigenvalue weighted by Crippen LogP contribution is 2.13. The molecule has 0 spiro atoms. The number of guanidine groups is 1. The van der Waals surface area contributed by atoms with Crippen molar-refractivity contribution in [2.45, 2.75) is 26.4 Å². The van der Waals surface area contributed by atoms with E-state index in [4.69, 9.17) is 5.73 Å². The lowest BCUT2D eigenvalue weighted by Gasteiger charge is -2.13. The van der Waals surface area contributed by atoms with Crippen LogP contribution in [0.4, 0.5) is 5.69 Å². The van der Waals surface area contributed by atoms with Crippen LogP contribution in [-0.4, -0.2) is 25.0 Å².